The van der Waals surface area contributed by atoms with Gasteiger partial charge in [-0.1, -0.05) is 12.1 Å². The van der Waals surface area contributed by atoms with Crippen LogP contribution in [0.15, 0.2) is 62.6 Å². The van der Waals surface area contributed by atoms with Gasteiger partial charge in [-0.15, -0.1) is 11.8 Å². The average Bonchev–Trinajstić information content (AvgIpc) is 3.29. The van der Waals surface area contributed by atoms with E-state index in [9.17, 15) is 9.59 Å². The van der Waals surface area contributed by atoms with Crippen molar-refractivity contribution in [3.05, 3.63) is 70.1 Å². The van der Waals surface area contributed by atoms with Crippen LogP contribution in [0.2, 0.25) is 0 Å². The maximum atomic E-state index is 12.8. The molecule has 156 valence electrons. The molecule has 1 aliphatic heterocycles. The van der Waals surface area contributed by atoms with Crippen molar-refractivity contribution in [3.63, 3.8) is 0 Å². The van der Waals surface area contributed by atoms with Crippen LogP contribution in [0.3, 0.4) is 0 Å². The van der Waals surface area contributed by atoms with Crippen molar-refractivity contribution < 1.29 is 23.4 Å². The average molecular weight is 426 g/mol. The first-order valence-electron chi connectivity index (χ1n) is 9.75. The molecule has 4 rings (SSSR count). The molecular formula is C23H22O6S. The number of esters is 1. The Hall–Kier alpha value is -2.77. The van der Waals surface area contributed by atoms with Crippen molar-refractivity contribution in [2.24, 2.45) is 0 Å². The van der Waals surface area contributed by atoms with Gasteiger partial charge in [-0.2, -0.15) is 0 Å². The number of rotatable bonds is 7. The van der Waals surface area contributed by atoms with E-state index in [0.717, 1.165) is 30.1 Å². The topological polar surface area (TPSA) is 75.0 Å². The second kappa shape index (κ2) is 9.36. The van der Waals surface area contributed by atoms with E-state index in [1.807, 2.05) is 18.2 Å². The highest BCUT2D eigenvalue weighted by Gasteiger charge is 2.19. The zero-order valence-corrected chi connectivity index (χ0v) is 17.4. The third-order valence-electron chi connectivity index (χ3n) is 4.95. The van der Waals surface area contributed by atoms with E-state index in [2.05, 4.69) is 0 Å². The van der Waals surface area contributed by atoms with Gasteiger partial charge in [0.05, 0.1) is 18.8 Å². The van der Waals surface area contributed by atoms with E-state index in [-0.39, 0.29) is 12.7 Å². The summed E-state index contributed by atoms with van der Waals surface area (Å²) in [4.78, 5) is 25.5. The summed E-state index contributed by atoms with van der Waals surface area (Å²) in [6.45, 7) is 0.776. The van der Waals surface area contributed by atoms with Crippen LogP contribution in [0.4, 0.5) is 0 Å². The van der Waals surface area contributed by atoms with Crippen LogP contribution in [0.5, 0.6) is 5.75 Å². The molecule has 1 atom stereocenters. The lowest BCUT2D eigenvalue weighted by Crippen LogP contribution is -2.11. The van der Waals surface area contributed by atoms with Crippen LogP contribution in [-0.4, -0.2) is 31.5 Å². The van der Waals surface area contributed by atoms with Crippen molar-refractivity contribution in [1.29, 1.82) is 0 Å². The molecule has 0 bridgehead atoms. The molecule has 6 nitrogen and oxygen atoms in total. The van der Waals surface area contributed by atoms with Crippen LogP contribution >= 0.6 is 11.8 Å². The third-order valence-corrected chi connectivity index (χ3v) is 6.16. The van der Waals surface area contributed by atoms with E-state index in [1.54, 1.807) is 43.1 Å². The fourth-order valence-electron chi connectivity index (χ4n) is 3.40. The van der Waals surface area contributed by atoms with Crippen molar-refractivity contribution in [2.45, 2.75) is 30.4 Å². The lowest BCUT2D eigenvalue weighted by Gasteiger charge is -2.12. The summed E-state index contributed by atoms with van der Waals surface area (Å²) in [5.41, 5.74) is 0.978. The number of methoxy groups -OCH3 is 1. The molecule has 0 amide bonds. The predicted octanol–water partition coefficient (Wildman–Crippen LogP) is 4.43. The van der Waals surface area contributed by atoms with Crippen molar-refractivity contribution in [2.75, 3.05) is 19.5 Å². The van der Waals surface area contributed by atoms with Gasteiger partial charge in [0, 0.05) is 40.3 Å². The van der Waals surface area contributed by atoms with Gasteiger partial charge in [0.25, 0.3) is 0 Å². The molecular weight excluding hydrogens is 404 g/mol. The Kier molecular flexibility index (Phi) is 6.40. The zero-order chi connectivity index (χ0) is 20.9. The molecule has 7 heteroatoms. The summed E-state index contributed by atoms with van der Waals surface area (Å²) >= 11 is 1.60. The van der Waals surface area contributed by atoms with Gasteiger partial charge < -0.3 is 18.6 Å². The van der Waals surface area contributed by atoms with E-state index in [4.69, 9.17) is 18.6 Å². The fraction of sp³-hybridized carbons (Fsp3) is 0.304. The zero-order valence-electron chi connectivity index (χ0n) is 16.6. The second-order valence-electron chi connectivity index (χ2n) is 6.97. The van der Waals surface area contributed by atoms with Crippen molar-refractivity contribution >= 4 is 28.7 Å². The molecule has 1 aliphatic rings. The van der Waals surface area contributed by atoms with Gasteiger partial charge in [-0.3, -0.25) is 0 Å². The quantitative estimate of drug-likeness (QED) is 0.314. The maximum Gasteiger partial charge on any atom is 0.339 e. The summed E-state index contributed by atoms with van der Waals surface area (Å²) in [5, 5.41) is 0.698. The Labute approximate surface area is 178 Å². The number of ether oxygens (including phenoxy) is 3. The number of fused-ring (bicyclic) bond motifs is 1. The summed E-state index contributed by atoms with van der Waals surface area (Å²) in [6, 6.07) is 13.9. The smallest absolute Gasteiger partial charge is 0.339 e. The molecule has 30 heavy (non-hydrogen) atoms. The molecule has 0 radical (unpaired) electrons. The Balaban J connectivity index is 1.49. The molecule has 3 aromatic rings. The van der Waals surface area contributed by atoms with E-state index in [0.29, 0.717) is 27.8 Å². The monoisotopic (exact) mass is 426 g/mol. The first-order valence-corrected chi connectivity index (χ1v) is 10.7. The standard InChI is InChI=1S/C23H22O6S/c1-26-16-8-9-18-15(11-22(24)29-20(18)12-16)13-28-23(25)19-6-2-3-7-21(19)30-14-17-5-4-10-27-17/h2-3,6-9,11-12,17H,4-5,10,13-14H2,1H3. The number of benzene rings is 2. The Morgan fingerprint density at radius 1 is 1.20 bits per heavy atom. The SMILES string of the molecule is COc1ccc2c(COC(=O)c3ccccc3SCC3CCCO3)cc(=O)oc2c1. The summed E-state index contributed by atoms with van der Waals surface area (Å²) in [5.74, 6) is 0.952. The van der Waals surface area contributed by atoms with Gasteiger partial charge in [-0.05, 0) is 37.1 Å². The predicted molar refractivity (Wildman–Crippen MR) is 114 cm³/mol. The minimum atomic E-state index is -0.505. The molecule has 0 N–H and O–H groups in total. The number of carbonyl (C=O) groups is 1. The van der Waals surface area contributed by atoms with Gasteiger partial charge >= 0.3 is 11.6 Å². The summed E-state index contributed by atoms with van der Waals surface area (Å²) < 4.78 is 21.6. The van der Waals surface area contributed by atoms with Gasteiger partial charge in [-0.25, -0.2) is 9.59 Å². The minimum absolute atomic E-state index is 0.0298. The Morgan fingerprint density at radius 3 is 2.87 bits per heavy atom. The third kappa shape index (κ3) is 4.68. The number of hydrogen-bond acceptors (Lipinski definition) is 7. The van der Waals surface area contributed by atoms with Crippen LogP contribution in [0, 0.1) is 0 Å². The van der Waals surface area contributed by atoms with Gasteiger partial charge in [0.15, 0.2) is 0 Å². The number of hydrogen-bond donors (Lipinski definition) is 0. The first kappa shape index (κ1) is 20.5. The lowest BCUT2D eigenvalue weighted by atomic mass is 10.1. The largest absolute Gasteiger partial charge is 0.497 e. The van der Waals surface area contributed by atoms with E-state index < -0.39 is 11.6 Å². The molecule has 1 saturated heterocycles. The van der Waals surface area contributed by atoms with Crippen LogP contribution in [0.25, 0.3) is 11.0 Å². The number of carbonyl (C=O) groups excluding carboxylic acids is 1. The van der Waals surface area contributed by atoms with E-state index in [1.165, 1.54) is 6.07 Å². The maximum absolute atomic E-state index is 12.8. The molecule has 1 fully saturated rings. The normalized spacial score (nSPS) is 16.0. The number of thioether (sulfide) groups is 1. The van der Waals surface area contributed by atoms with Gasteiger partial charge in [0.1, 0.15) is 17.9 Å². The van der Waals surface area contributed by atoms with Crippen LogP contribution in [-0.2, 0) is 16.1 Å². The fourth-order valence-corrected chi connectivity index (χ4v) is 4.51. The lowest BCUT2D eigenvalue weighted by molar-refractivity contribution is 0.0469. The highest BCUT2D eigenvalue weighted by Crippen LogP contribution is 2.28. The molecule has 0 saturated carbocycles. The minimum Gasteiger partial charge on any atom is -0.497 e. The van der Waals surface area contributed by atoms with Crippen LogP contribution < -0.4 is 10.4 Å². The Bertz CT molecular complexity index is 1100. The molecule has 2 aromatic carbocycles. The van der Waals surface area contributed by atoms with Crippen molar-refractivity contribution in [1.82, 2.24) is 0 Å². The highest BCUT2D eigenvalue weighted by molar-refractivity contribution is 7.99. The molecule has 2 heterocycles. The van der Waals surface area contributed by atoms with Crippen molar-refractivity contribution in [3.8, 4) is 5.75 Å². The second-order valence-corrected chi connectivity index (χ2v) is 8.03. The van der Waals surface area contributed by atoms with Gasteiger partial charge in [0.2, 0.25) is 0 Å². The molecule has 1 unspecified atom stereocenters. The first-order chi connectivity index (χ1) is 14.6. The molecule has 0 spiro atoms. The molecule has 1 aromatic heterocycles. The summed E-state index contributed by atoms with van der Waals surface area (Å²) in [6.07, 6.45) is 2.36. The van der Waals surface area contributed by atoms with E-state index >= 15 is 0 Å². The van der Waals surface area contributed by atoms with Crippen LogP contribution in [0.1, 0.15) is 28.8 Å². The molecule has 0 aliphatic carbocycles. The Morgan fingerprint density at radius 2 is 2.07 bits per heavy atom. The highest BCUT2D eigenvalue weighted by atomic mass is 32.2. The summed E-state index contributed by atoms with van der Waals surface area (Å²) in [7, 11) is 1.54.